The number of hydrogen-bond donors (Lipinski definition) is 1. The highest BCUT2D eigenvalue weighted by atomic mass is 15.2. The lowest BCUT2D eigenvalue weighted by Gasteiger charge is -2.23. The number of nitrogens with one attached hydrogen (secondary N) is 1. The molecule has 3 nitrogen and oxygen atoms in total. The van der Waals surface area contributed by atoms with Gasteiger partial charge in [0.1, 0.15) is 5.82 Å². The zero-order chi connectivity index (χ0) is 13.9. The van der Waals surface area contributed by atoms with E-state index in [0.29, 0.717) is 6.04 Å². The summed E-state index contributed by atoms with van der Waals surface area (Å²) < 4.78 is 0. The number of nitrogens with zero attached hydrogens (tertiary/aromatic N) is 2. The molecule has 2 fully saturated rings. The normalized spacial score (nSPS) is 18.1. The number of pyridine rings is 1. The van der Waals surface area contributed by atoms with Gasteiger partial charge in [0, 0.05) is 30.9 Å². The Hall–Kier alpha value is -1.35. The van der Waals surface area contributed by atoms with Crippen molar-refractivity contribution in [3.05, 3.63) is 36.0 Å². The topological polar surface area (TPSA) is 28.2 Å². The van der Waals surface area contributed by atoms with Crippen LogP contribution in [0.1, 0.15) is 43.9 Å². The lowest BCUT2D eigenvalue weighted by atomic mass is 10.2. The lowest BCUT2D eigenvalue weighted by molar-refractivity contribution is 0.685. The summed E-state index contributed by atoms with van der Waals surface area (Å²) in [5, 5.41) is 3.60. The first-order valence-corrected chi connectivity index (χ1v) is 7.91. The van der Waals surface area contributed by atoms with E-state index in [1.165, 1.54) is 36.9 Å². The van der Waals surface area contributed by atoms with Crippen LogP contribution in [0.2, 0.25) is 0 Å². The molecule has 0 amide bonds. The molecule has 0 unspecified atom stereocenters. The summed E-state index contributed by atoms with van der Waals surface area (Å²) in [6, 6.07) is 5.94. The van der Waals surface area contributed by atoms with Gasteiger partial charge >= 0.3 is 0 Å². The molecule has 3 rings (SSSR count). The largest absolute Gasteiger partial charge is 0.350 e. The predicted octanol–water partition coefficient (Wildman–Crippen LogP) is 3.05. The third-order valence-corrected chi connectivity index (χ3v) is 4.07. The summed E-state index contributed by atoms with van der Waals surface area (Å²) in [6.45, 7) is 7.94. The van der Waals surface area contributed by atoms with Crippen LogP contribution in [0.25, 0.3) is 0 Å². The van der Waals surface area contributed by atoms with Gasteiger partial charge in [0.2, 0.25) is 0 Å². The van der Waals surface area contributed by atoms with E-state index in [9.17, 15) is 0 Å². The second-order valence-electron chi connectivity index (χ2n) is 6.01. The first-order chi connectivity index (χ1) is 9.80. The molecule has 3 heteroatoms. The maximum atomic E-state index is 4.83. The second-order valence-corrected chi connectivity index (χ2v) is 6.01. The number of rotatable bonds is 8. The zero-order valence-electron chi connectivity index (χ0n) is 12.4. The molecule has 108 valence electrons. The Bertz CT molecular complexity index is 475. The highest BCUT2D eigenvalue weighted by molar-refractivity contribution is 5.46. The lowest BCUT2D eigenvalue weighted by Crippen LogP contribution is -2.27. The van der Waals surface area contributed by atoms with Crippen molar-refractivity contribution in [2.75, 3.05) is 11.4 Å². The molecule has 2 aliphatic carbocycles. The van der Waals surface area contributed by atoms with E-state index >= 15 is 0 Å². The fraction of sp³-hybridized carbons (Fsp3) is 0.588. The highest BCUT2D eigenvalue weighted by Crippen LogP contribution is 2.31. The third kappa shape index (κ3) is 3.40. The molecule has 0 aliphatic heterocycles. The van der Waals surface area contributed by atoms with Crippen LogP contribution in [0.15, 0.2) is 24.8 Å². The van der Waals surface area contributed by atoms with Gasteiger partial charge in [-0.1, -0.05) is 13.0 Å². The predicted molar refractivity (Wildman–Crippen MR) is 84.0 cm³/mol. The average Bonchev–Trinajstić information content (AvgIpc) is 3.35. The van der Waals surface area contributed by atoms with Gasteiger partial charge in [0.25, 0.3) is 0 Å². The molecule has 1 heterocycles. The van der Waals surface area contributed by atoms with Crippen LogP contribution in [0.4, 0.5) is 5.82 Å². The van der Waals surface area contributed by atoms with Crippen molar-refractivity contribution in [1.82, 2.24) is 10.3 Å². The van der Waals surface area contributed by atoms with Crippen molar-refractivity contribution in [3.63, 3.8) is 0 Å². The van der Waals surface area contributed by atoms with Crippen LogP contribution in [0, 0.1) is 0 Å². The molecule has 2 aliphatic rings. The van der Waals surface area contributed by atoms with E-state index in [4.69, 9.17) is 4.98 Å². The molecule has 0 bridgehead atoms. The number of anilines is 1. The van der Waals surface area contributed by atoms with E-state index in [1.807, 2.05) is 6.08 Å². The van der Waals surface area contributed by atoms with E-state index < -0.39 is 0 Å². The second kappa shape index (κ2) is 5.96. The molecule has 1 aromatic heterocycles. The van der Waals surface area contributed by atoms with E-state index in [1.54, 1.807) is 0 Å². The van der Waals surface area contributed by atoms with Crippen molar-refractivity contribution in [2.24, 2.45) is 0 Å². The number of aryl methyl sites for hydroxylation is 1. The Balaban J connectivity index is 1.79. The Morgan fingerprint density at radius 1 is 1.35 bits per heavy atom. The first kappa shape index (κ1) is 13.6. The van der Waals surface area contributed by atoms with Crippen molar-refractivity contribution < 1.29 is 0 Å². The number of aromatic nitrogens is 1. The van der Waals surface area contributed by atoms with Gasteiger partial charge in [-0.15, -0.1) is 6.58 Å². The van der Waals surface area contributed by atoms with Gasteiger partial charge in [-0.25, -0.2) is 4.98 Å². The smallest absolute Gasteiger partial charge is 0.129 e. The first-order valence-electron chi connectivity index (χ1n) is 7.91. The minimum Gasteiger partial charge on any atom is -0.350 e. The molecular formula is C17H25N3. The van der Waals surface area contributed by atoms with Crippen LogP contribution in [-0.4, -0.2) is 23.6 Å². The van der Waals surface area contributed by atoms with Gasteiger partial charge in [0.05, 0.1) is 0 Å². The maximum Gasteiger partial charge on any atom is 0.129 e. The summed E-state index contributed by atoms with van der Waals surface area (Å²) >= 11 is 0. The Morgan fingerprint density at radius 3 is 2.75 bits per heavy atom. The Kier molecular flexibility index (Phi) is 4.06. The molecule has 0 saturated heterocycles. The quantitative estimate of drug-likeness (QED) is 0.737. The molecular weight excluding hydrogens is 246 g/mol. The maximum absolute atomic E-state index is 4.83. The highest BCUT2D eigenvalue weighted by Gasteiger charge is 2.29. The zero-order valence-corrected chi connectivity index (χ0v) is 12.4. The average molecular weight is 271 g/mol. The Morgan fingerprint density at radius 2 is 2.15 bits per heavy atom. The SMILES string of the molecule is C=CCN(c1cc(CNC2CC2)cc(CC)n1)C1CC1. The fourth-order valence-corrected chi connectivity index (χ4v) is 2.57. The van der Waals surface area contributed by atoms with Crippen LogP contribution >= 0.6 is 0 Å². The van der Waals surface area contributed by atoms with Gasteiger partial charge in [0.15, 0.2) is 0 Å². The minimum absolute atomic E-state index is 0.678. The third-order valence-electron chi connectivity index (χ3n) is 4.07. The van der Waals surface area contributed by atoms with Crippen LogP contribution in [0.5, 0.6) is 0 Å². The van der Waals surface area contributed by atoms with Gasteiger partial charge in [-0.05, 0) is 49.8 Å². The molecule has 0 atom stereocenters. The Labute approximate surface area is 122 Å². The van der Waals surface area contributed by atoms with Crippen molar-refractivity contribution in [3.8, 4) is 0 Å². The molecule has 1 N–H and O–H groups in total. The van der Waals surface area contributed by atoms with Crippen molar-refractivity contribution in [2.45, 2.75) is 57.7 Å². The summed E-state index contributed by atoms with van der Waals surface area (Å²) in [4.78, 5) is 7.23. The van der Waals surface area contributed by atoms with Crippen molar-refractivity contribution >= 4 is 5.82 Å². The summed E-state index contributed by atoms with van der Waals surface area (Å²) in [7, 11) is 0. The molecule has 1 aromatic rings. The van der Waals surface area contributed by atoms with Crippen LogP contribution < -0.4 is 10.2 Å². The molecule has 2 saturated carbocycles. The standard InChI is InChI=1S/C17H25N3/c1-3-9-20(16-7-8-16)17-11-13(10-14(4-2)19-17)12-18-15-5-6-15/h3,10-11,15-16,18H,1,4-9,12H2,2H3. The summed E-state index contributed by atoms with van der Waals surface area (Å²) in [6.07, 6.45) is 8.24. The van der Waals surface area contributed by atoms with Gasteiger partial charge in [-0.2, -0.15) is 0 Å². The van der Waals surface area contributed by atoms with E-state index in [-0.39, 0.29) is 0 Å². The molecule has 0 aromatic carbocycles. The summed E-state index contributed by atoms with van der Waals surface area (Å²) in [5.41, 5.74) is 2.57. The fourth-order valence-electron chi connectivity index (χ4n) is 2.57. The number of hydrogen-bond acceptors (Lipinski definition) is 3. The van der Waals surface area contributed by atoms with E-state index in [0.717, 1.165) is 31.4 Å². The monoisotopic (exact) mass is 271 g/mol. The molecule has 20 heavy (non-hydrogen) atoms. The van der Waals surface area contributed by atoms with Gasteiger partial charge in [-0.3, -0.25) is 0 Å². The molecule has 0 spiro atoms. The van der Waals surface area contributed by atoms with Gasteiger partial charge < -0.3 is 10.2 Å². The van der Waals surface area contributed by atoms with E-state index in [2.05, 4.69) is 35.9 Å². The minimum atomic E-state index is 0.678. The van der Waals surface area contributed by atoms with Crippen LogP contribution in [-0.2, 0) is 13.0 Å². The van der Waals surface area contributed by atoms with Crippen molar-refractivity contribution in [1.29, 1.82) is 0 Å². The molecule has 0 radical (unpaired) electrons. The summed E-state index contributed by atoms with van der Waals surface area (Å²) in [5.74, 6) is 1.14. The van der Waals surface area contributed by atoms with Crippen LogP contribution in [0.3, 0.4) is 0 Å².